The highest BCUT2D eigenvalue weighted by Gasteiger charge is 2.17. The van der Waals surface area contributed by atoms with Crippen molar-refractivity contribution in [1.82, 2.24) is 10.2 Å². The lowest BCUT2D eigenvalue weighted by molar-refractivity contribution is -0.130. The van der Waals surface area contributed by atoms with Gasteiger partial charge in [-0.15, -0.1) is 0 Å². The van der Waals surface area contributed by atoms with Crippen molar-refractivity contribution in [2.45, 2.75) is 32.7 Å². The van der Waals surface area contributed by atoms with E-state index in [0.717, 1.165) is 12.8 Å². The highest BCUT2D eigenvalue weighted by atomic mass is 16.2. The number of benzene rings is 1. The van der Waals surface area contributed by atoms with E-state index in [1.54, 1.807) is 7.05 Å². The van der Waals surface area contributed by atoms with Crippen LogP contribution in [-0.2, 0) is 11.2 Å². The van der Waals surface area contributed by atoms with E-state index in [4.69, 9.17) is 0 Å². The fraction of sp³-hybridized carbons (Fsp3) is 0.533. The smallest absolute Gasteiger partial charge is 0.236 e. The van der Waals surface area contributed by atoms with Crippen molar-refractivity contribution in [3.05, 3.63) is 35.4 Å². The third kappa shape index (κ3) is 4.15. The number of carbonyl (C=O) groups is 1. The summed E-state index contributed by atoms with van der Waals surface area (Å²) in [7, 11) is 3.69. The Labute approximate surface area is 110 Å². The van der Waals surface area contributed by atoms with Gasteiger partial charge in [0.2, 0.25) is 5.91 Å². The molecule has 100 valence electrons. The molecule has 1 amide bonds. The van der Waals surface area contributed by atoms with Gasteiger partial charge in [0.05, 0.1) is 6.54 Å². The molecule has 1 N–H and O–H groups in total. The molecular formula is C15H24N2O. The van der Waals surface area contributed by atoms with Gasteiger partial charge in [-0.1, -0.05) is 36.8 Å². The second-order valence-electron chi connectivity index (χ2n) is 4.79. The van der Waals surface area contributed by atoms with Gasteiger partial charge in [-0.2, -0.15) is 0 Å². The first-order chi connectivity index (χ1) is 8.58. The lowest BCUT2D eigenvalue weighted by atomic mass is 10.0. The van der Waals surface area contributed by atoms with Crippen LogP contribution in [0.3, 0.4) is 0 Å². The summed E-state index contributed by atoms with van der Waals surface area (Å²) in [5.41, 5.74) is 2.56. The molecule has 0 radical (unpaired) electrons. The van der Waals surface area contributed by atoms with Crippen molar-refractivity contribution >= 4 is 5.91 Å². The quantitative estimate of drug-likeness (QED) is 0.835. The highest BCUT2D eigenvalue weighted by Crippen LogP contribution is 2.12. The van der Waals surface area contributed by atoms with E-state index < -0.39 is 0 Å². The monoisotopic (exact) mass is 248 g/mol. The third-order valence-electron chi connectivity index (χ3n) is 3.33. The normalized spacial score (nSPS) is 12.2. The van der Waals surface area contributed by atoms with Gasteiger partial charge in [0.1, 0.15) is 0 Å². The largest absolute Gasteiger partial charge is 0.341 e. The highest BCUT2D eigenvalue weighted by molar-refractivity contribution is 5.78. The second-order valence-corrected chi connectivity index (χ2v) is 4.79. The van der Waals surface area contributed by atoms with E-state index in [2.05, 4.69) is 43.4 Å². The summed E-state index contributed by atoms with van der Waals surface area (Å²) in [5, 5.41) is 2.91. The third-order valence-corrected chi connectivity index (χ3v) is 3.33. The van der Waals surface area contributed by atoms with Crippen molar-refractivity contribution in [3.8, 4) is 0 Å². The average molecular weight is 248 g/mol. The van der Waals surface area contributed by atoms with Crippen LogP contribution < -0.4 is 5.32 Å². The van der Waals surface area contributed by atoms with Crippen molar-refractivity contribution in [3.63, 3.8) is 0 Å². The first-order valence-electron chi connectivity index (χ1n) is 6.54. The van der Waals surface area contributed by atoms with Gasteiger partial charge >= 0.3 is 0 Å². The van der Waals surface area contributed by atoms with E-state index >= 15 is 0 Å². The fourth-order valence-electron chi connectivity index (χ4n) is 2.03. The summed E-state index contributed by atoms with van der Waals surface area (Å²) in [6.45, 7) is 4.62. The van der Waals surface area contributed by atoms with Crippen LogP contribution in [0, 0.1) is 6.92 Å². The molecule has 1 aromatic carbocycles. The van der Waals surface area contributed by atoms with Crippen LogP contribution in [0.1, 0.15) is 24.5 Å². The van der Waals surface area contributed by atoms with Gasteiger partial charge in [0, 0.05) is 13.1 Å². The van der Waals surface area contributed by atoms with Gasteiger partial charge in [-0.25, -0.2) is 0 Å². The number of nitrogens with zero attached hydrogens (tertiary/aromatic N) is 1. The molecule has 0 bridgehead atoms. The maximum Gasteiger partial charge on any atom is 0.236 e. The zero-order valence-corrected chi connectivity index (χ0v) is 11.9. The topological polar surface area (TPSA) is 32.3 Å². The minimum Gasteiger partial charge on any atom is -0.341 e. The minimum absolute atomic E-state index is 0.150. The molecule has 0 aliphatic heterocycles. The summed E-state index contributed by atoms with van der Waals surface area (Å²) < 4.78 is 0. The minimum atomic E-state index is 0.150. The maximum absolute atomic E-state index is 11.9. The summed E-state index contributed by atoms with van der Waals surface area (Å²) in [4.78, 5) is 13.7. The van der Waals surface area contributed by atoms with E-state index in [9.17, 15) is 4.79 Å². The molecule has 1 rings (SSSR count). The second kappa shape index (κ2) is 7.17. The number of nitrogens with one attached hydrogen (secondary N) is 1. The van der Waals surface area contributed by atoms with Crippen molar-refractivity contribution in [2.75, 3.05) is 20.6 Å². The van der Waals surface area contributed by atoms with E-state index in [1.807, 2.05) is 11.9 Å². The lowest BCUT2D eigenvalue weighted by Gasteiger charge is -2.27. The molecule has 0 heterocycles. The summed E-state index contributed by atoms with van der Waals surface area (Å²) in [5.74, 6) is 0.150. The molecule has 3 nitrogen and oxygen atoms in total. The van der Waals surface area contributed by atoms with Crippen LogP contribution in [0.15, 0.2) is 24.3 Å². The predicted octanol–water partition coefficient (Wildman–Crippen LogP) is 1.99. The Morgan fingerprint density at radius 3 is 2.44 bits per heavy atom. The van der Waals surface area contributed by atoms with Crippen molar-refractivity contribution in [1.29, 1.82) is 0 Å². The van der Waals surface area contributed by atoms with E-state index in [1.165, 1.54) is 11.1 Å². The van der Waals surface area contributed by atoms with E-state index in [0.29, 0.717) is 6.54 Å². The molecule has 0 saturated heterocycles. The molecule has 0 spiro atoms. The summed E-state index contributed by atoms with van der Waals surface area (Å²) in [6, 6.07) is 8.81. The standard InChI is InChI=1S/C15H24N2O/c1-5-14(17(4)15(18)11-16-3)10-13-8-6-12(2)7-9-13/h6-9,14,16H,5,10-11H2,1-4H3. The number of amides is 1. The van der Waals surface area contributed by atoms with Crippen molar-refractivity contribution < 1.29 is 4.79 Å². The molecule has 3 heteroatoms. The van der Waals surface area contributed by atoms with Crippen LogP contribution in [-0.4, -0.2) is 37.5 Å². The first-order valence-corrected chi connectivity index (χ1v) is 6.54. The Balaban J connectivity index is 2.66. The summed E-state index contributed by atoms with van der Waals surface area (Å²) in [6.07, 6.45) is 1.89. The molecule has 0 aromatic heterocycles. The zero-order chi connectivity index (χ0) is 13.5. The molecule has 0 aliphatic rings. The predicted molar refractivity (Wildman–Crippen MR) is 75.7 cm³/mol. The Hall–Kier alpha value is -1.35. The Kier molecular flexibility index (Phi) is 5.86. The number of likely N-dealkylation sites (N-methyl/N-ethyl adjacent to an activating group) is 2. The number of hydrogen-bond acceptors (Lipinski definition) is 2. The van der Waals surface area contributed by atoms with E-state index in [-0.39, 0.29) is 11.9 Å². The number of aryl methyl sites for hydroxylation is 1. The van der Waals surface area contributed by atoms with Gasteiger partial charge < -0.3 is 10.2 Å². The van der Waals surface area contributed by atoms with Crippen molar-refractivity contribution in [2.24, 2.45) is 0 Å². The fourth-order valence-corrected chi connectivity index (χ4v) is 2.03. The molecule has 0 fully saturated rings. The SMILES string of the molecule is CCC(Cc1ccc(C)cc1)N(C)C(=O)CNC. The molecule has 18 heavy (non-hydrogen) atoms. The van der Waals surface area contributed by atoms with Gasteiger partial charge in [0.15, 0.2) is 0 Å². The summed E-state index contributed by atoms with van der Waals surface area (Å²) >= 11 is 0. The van der Waals surface area contributed by atoms with Crippen LogP contribution in [0.4, 0.5) is 0 Å². The Morgan fingerprint density at radius 2 is 1.94 bits per heavy atom. The maximum atomic E-state index is 11.9. The first kappa shape index (κ1) is 14.7. The van der Waals surface area contributed by atoms with Crippen LogP contribution in [0.5, 0.6) is 0 Å². The number of carbonyl (C=O) groups excluding carboxylic acids is 1. The van der Waals surface area contributed by atoms with Crippen LogP contribution in [0.2, 0.25) is 0 Å². The van der Waals surface area contributed by atoms with Gasteiger partial charge in [-0.3, -0.25) is 4.79 Å². The molecule has 1 unspecified atom stereocenters. The molecule has 0 aliphatic carbocycles. The van der Waals surface area contributed by atoms with Crippen LogP contribution in [0.25, 0.3) is 0 Å². The number of rotatable bonds is 6. The molecular weight excluding hydrogens is 224 g/mol. The molecule has 1 atom stereocenters. The Morgan fingerprint density at radius 1 is 1.33 bits per heavy atom. The van der Waals surface area contributed by atoms with Crippen LogP contribution >= 0.6 is 0 Å². The van der Waals surface area contributed by atoms with Gasteiger partial charge in [-0.05, 0) is 32.4 Å². The number of hydrogen-bond donors (Lipinski definition) is 1. The molecule has 1 aromatic rings. The lowest BCUT2D eigenvalue weighted by Crippen LogP contribution is -2.42. The molecule has 0 saturated carbocycles. The van der Waals surface area contributed by atoms with Gasteiger partial charge in [0.25, 0.3) is 0 Å². The average Bonchev–Trinajstić information content (AvgIpc) is 2.37. The Bertz CT molecular complexity index is 373. The zero-order valence-electron chi connectivity index (χ0n) is 11.9.